The molecule has 0 aliphatic carbocycles. The van der Waals surface area contributed by atoms with Crippen LogP contribution in [0.4, 0.5) is 8.78 Å². The second kappa shape index (κ2) is 11.5. The number of carbonyl (C=O) groups excluding carboxylic acids is 4. The molecule has 0 aromatic heterocycles. The Kier molecular flexibility index (Phi) is 9.10. The van der Waals surface area contributed by atoms with Crippen LogP contribution in [-0.2, 0) is 30.5 Å². The highest BCUT2D eigenvalue weighted by molar-refractivity contribution is 5.89. The smallest absolute Gasteiger partial charge is 0.307 e. The van der Waals surface area contributed by atoms with Gasteiger partial charge in [0.1, 0.15) is 6.04 Å². The van der Waals surface area contributed by atoms with E-state index >= 15 is 0 Å². The summed E-state index contributed by atoms with van der Waals surface area (Å²) in [5.74, 6) is -3.81. The van der Waals surface area contributed by atoms with Gasteiger partial charge in [-0.1, -0.05) is 26.0 Å². The molecule has 2 N–H and O–H groups in total. The van der Waals surface area contributed by atoms with E-state index in [4.69, 9.17) is 0 Å². The maximum atomic E-state index is 14.0. The highest BCUT2D eigenvalue weighted by Crippen LogP contribution is 2.25. The minimum Gasteiger partial charge on any atom is -0.469 e. The van der Waals surface area contributed by atoms with E-state index in [9.17, 15) is 28.0 Å². The van der Waals surface area contributed by atoms with Gasteiger partial charge in [0.15, 0.2) is 11.6 Å². The van der Waals surface area contributed by atoms with E-state index in [1.165, 1.54) is 24.1 Å². The Balaban J connectivity index is 1.97. The van der Waals surface area contributed by atoms with Crippen LogP contribution in [0.3, 0.4) is 0 Å². The number of benzene rings is 1. The van der Waals surface area contributed by atoms with Crippen molar-refractivity contribution >= 4 is 23.7 Å². The van der Waals surface area contributed by atoms with E-state index in [-0.39, 0.29) is 49.7 Å². The van der Waals surface area contributed by atoms with Gasteiger partial charge < -0.3 is 20.3 Å². The van der Waals surface area contributed by atoms with Crippen molar-refractivity contribution < 1.29 is 32.7 Å². The summed E-state index contributed by atoms with van der Waals surface area (Å²) in [6, 6.07) is 2.45. The molecule has 10 heteroatoms. The van der Waals surface area contributed by atoms with Crippen molar-refractivity contribution in [3.8, 4) is 0 Å². The first kappa shape index (κ1) is 25.2. The molecular formula is C22H29F2N3O5. The molecule has 1 saturated heterocycles. The number of nitrogens with one attached hydrogen (secondary N) is 2. The Morgan fingerprint density at radius 3 is 2.62 bits per heavy atom. The molecule has 8 nitrogen and oxygen atoms in total. The average molecular weight is 453 g/mol. The van der Waals surface area contributed by atoms with Gasteiger partial charge in [-0.25, -0.2) is 8.78 Å². The van der Waals surface area contributed by atoms with Crippen LogP contribution in [0.1, 0.15) is 45.1 Å². The number of rotatable bonds is 10. The summed E-state index contributed by atoms with van der Waals surface area (Å²) in [5.41, 5.74) is 0.0377. The lowest BCUT2D eigenvalue weighted by molar-refractivity contribution is -0.140. The van der Waals surface area contributed by atoms with Crippen molar-refractivity contribution in [2.24, 2.45) is 5.92 Å². The monoisotopic (exact) mass is 453 g/mol. The molecule has 176 valence electrons. The van der Waals surface area contributed by atoms with Gasteiger partial charge in [0.2, 0.25) is 17.7 Å². The van der Waals surface area contributed by atoms with Crippen molar-refractivity contribution in [2.75, 3.05) is 13.7 Å². The van der Waals surface area contributed by atoms with E-state index in [1.807, 2.05) is 0 Å². The molecular weight excluding hydrogens is 424 g/mol. The van der Waals surface area contributed by atoms with Crippen molar-refractivity contribution in [3.63, 3.8) is 0 Å². The number of hydrogen-bond donors (Lipinski definition) is 2. The Morgan fingerprint density at radius 1 is 1.25 bits per heavy atom. The Labute approximate surface area is 185 Å². The Morgan fingerprint density at radius 2 is 1.97 bits per heavy atom. The first-order valence-corrected chi connectivity index (χ1v) is 10.5. The van der Waals surface area contributed by atoms with E-state index in [0.29, 0.717) is 6.42 Å². The summed E-state index contributed by atoms with van der Waals surface area (Å²) in [6.45, 7) is 3.47. The lowest BCUT2D eigenvalue weighted by atomic mass is 10.0. The first-order chi connectivity index (χ1) is 15.1. The minimum absolute atomic E-state index is 0.0107. The van der Waals surface area contributed by atoms with E-state index in [1.54, 1.807) is 13.8 Å². The molecule has 1 fully saturated rings. The van der Waals surface area contributed by atoms with E-state index < -0.39 is 41.5 Å². The van der Waals surface area contributed by atoms with E-state index in [0.717, 1.165) is 6.07 Å². The Hall–Kier alpha value is -3.04. The zero-order chi connectivity index (χ0) is 23.8. The zero-order valence-corrected chi connectivity index (χ0v) is 18.5. The molecule has 2 rings (SSSR count). The van der Waals surface area contributed by atoms with Gasteiger partial charge in [0.25, 0.3) is 0 Å². The van der Waals surface area contributed by atoms with Gasteiger partial charge in [-0.2, -0.15) is 0 Å². The second-order valence-electron chi connectivity index (χ2n) is 8.04. The molecule has 1 aliphatic rings. The van der Waals surface area contributed by atoms with E-state index in [2.05, 4.69) is 15.4 Å². The summed E-state index contributed by atoms with van der Waals surface area (Å²) >= 11 is 0. The standard InChI is InChI=1S/C22H29F2N3O5/c1-13(2)21(22(31)25-10-9-19(30)32-3)26-17(28)11-15-7-8-18(29)27(15)12-14-5-4-6-16(23)20(14)24/h4-6,13,15,21H,7-12H2,1-3H3,(H,25,31)(H,26,28)/t15-,21+/m0/s1. The Bertz CT molecular complexity index is 862. The molecule has 0 spiro atoms. The topological polar surface area (TPSA) is 105 Å². The van der Waals surface area contributed by atoms with Gasteiger partial charge in [0, 0.05) is 37.5 Å². The zero-order valence-electron chi connectivity index (χ0n) is 18.5. The van der Waals surface area contributed by atoms with Crippen LogP contribution in [0.5, 0.6) is 0 Å². The summed E-state index contributed by atoms with van der Waals surface area (Å²) in [7, 11) is 1.25. The number of likely N-dealkylation sites (tertiary alicyclic amines) is 1. The highest BCUT2D eigenvalue weighted by atomic mass is 19.2. The molecule has 32 heavy (non-hydrogen) atoms. The summed E-state index contributed by atoms with van der Waals surface area (Å²) in [6.07, 6.45) is 0.551. The van der Waals surface area contributed by atoms with Crippen LogP contribution in [0.15, 0.2) is 18.2 Å². The number of methoxy groups -OCH3 is 1. The third-order valence-corrected chi connectivity index (χ3v) is 5.37. The maximum absolute atomic E-state index is 14.0. The van der Waals surface area contributed by atoms with Crippen LogP contribution < -0.4 is 10.6 Å². The third kappa shape index (κ3) is 6.73. The molecule has 1 aliphatic heterocycles. The van der Waals surface area contributed by atoms with Crippen molar-refractivity contribution in [1.29, 1.82) is 0 Å². The van der Waals surface area contributed by atoms with Crippen LogP contribution >= 0.6 is 0 Å². The molecule has 1 aromatic rings. The molecule has 1 aromatic carbocycles. The maximum Gasteiger partial charge on any atom is 0.307 e. The molecule has 0 radical (unpaired) electrons. The fourth-order valence-electron chi connectivity index (χ4n) is 3.56. The predicted octanol–water partition coefficient (Wildman–Crippen LogP) is 1.67. The van der Waals surface area contributed by atoms with Gasteiger partial charge in [-0.05, 0) is 18.4 Å². The van der Waals surface area contributed by atoms with Crippen LogP contribution in [0.25, 0.3) is 0 Å². The lowest BCUT2D eigenvalue weighted by Crippen LogP contribution is -2.51. The molecule has 2 atom stereocenters. The number of hydrogen-bond acceptors (Lipinski definition) is 5. The number of nitrogens with zero attached hydrogens (tertiary/aromatic N) is 1. The summed E-state index contributed by atoms with van der Waals surface area (Å²) < 4.78 is 32.0. The molecule has 0 unspecified atom stereocenters. The number of carbonyl (C=O) groups is 4. The normalized spacial score (nSPS) is 16.8. The first-order valence-electron chi connectivity index (χ1n) is 10.5. The molecule has 1 heterocycles. The number of halogens is 2. The van der Waals surface area contributed by atoms with Gasteiger partial charge in [-0.3, -0.25) is 19.2 Å². The minimum atomic E-state index is -1.01. The highest BCUT2D eigenvalue weighted by Gasteiger charge is 2.34. The predicted molar refractivity (Wildman–Crippen MR) is 111 cm³/mol. The largest absolute Gasteiger partial charge is 0.469 e. The number of ether oxygens (including phenoxy) is 1. The van der Waals surface area contributed by atoms with Crippen LogP contribution in [0.2, 0.25) is 0 Å². The fraction of sp³-hybridized carbons (Fsp3) is 0.545. The van der Waals surface area contributed by atoms with Crippen LogP contribution in [0, 0.1) is 17.6 Å². The summed E-state index contributed by atoms with van der Waals surface area (Å²) in [5, 5.41) is 5.27. The van der Waals surface area contributed by atoms with Gasteiger partial charge >= 0.3 is 5.97 Å². The molecule has 0 bridgehead atoms. The van der Waals surface area contributed by atoms with Gasteiger partial charge in [-0.15, -0.1) is 0 Å². The second-order valence-corrected chi connectivity index (χ2v) is 8.04. The van der Waals surface area contributed by atoms with Crippen molar-refractivity contribution in [1.82, 2.24) is 15.5 Å². The lowest BCUT2D eigenvalue weighted by Gasteiger charge is -2.27. The fourth-order valence-corrected chi connectivity index (χ4v) is 3.56. The third-order valence-electron chi connectivity index (χ3n) is 5.37. The molecule has 0 saturated carbocycles. The SMILES string of the molecule is COC(=O)CCNC(=O)[C@H](NC(=O)C[C@@H]1CCC(=O)N1Cc1cccc(F)c1F)C(C)C. The molecule has 3 amide bonds. The number of esters is 1. The van der Waals surface area contributed by atoms with Crippen molar-refractivity contribution in [2.45, 2.75) is 58.2 Å². The van der Waals surface area contributed by atoms with Crippen LogP contribution in [-0.4, -0.2) is 54.3 Å². The average Bonchev–Trinajstić information content (AvgIpc) is 3.08. The summed E-state index contributed by atoms with van der Waals surface area (Å²) in [4.78, 5) is 49.9. The quantitative estimate of drug-likeness (QED) is 0.525. The van der Waals surface area contributed by atoms with Gasteiger partial charge in [0.05, 0.1) is 13.5 Å². The number of amides is 3. The van der Waals surface area contributed by atoms with Crippen molar-refractivity contribution in [3.05, 3.63) is 35.4 Å².